The lowest BCUT2D eigenvalue weighted by atomic mass is 9.98. The minimum absolute atomic E-state index is 0.0138. The lowest BCUT2D eigenvalue weighted by Crippen LogP contribution is -2.65. The van der Waals surface area contributed by atoms with E-state index in [9.17, 15) is 97.5 Å². The highest BCUT2D eigenvalue weighted by molar-refractivity contribution is 6.01. The number of carboxylic acids is 5. The summed E-state index contributed by atoms with van der Waals surface area (Å²) in [7, 11) is 0. The molecule has 33 heteroatoms. The van der Waals surface area contributed by atoms with E-state index in [1.54, 1.807) is 32.9 Å². The van der Waals surface area contributed by atoms with Gasteiger partial charge in [0.25, 0.3) is 0 Å². The molecule has 10 amide bonds. The molecular formula is C57H92N12O21. The molecule has 0 spiro atoms. The molecule has 0 aromatic heterocycles. The van der Waals surface area contributed by atoms with Crippen LogP contribution in [0, 0.1) is 35.5 Å². The van der Waals surface area contributed by atoms with E-state index in [0.29, 0.717) is 12.3 Å². The maximum Gasteiger partial charge on any atom is 0.335 e. The van der Waals surface area contributed by atoms with Gasteiger partial charge >= 0.3 is 29.8 Å². The average molecular weight is 1280 g/mol. The quantitative estimate of drug-likeness (QED) is 0.0160. The Bertz CT molecular complexity index is 2630. The van der Waals surface area contributed by atoms with Gasteiger partial charge in [-0.05, 0) is 89.5 Å². The Labute approximate surface area is 520 Å². The van der Waals surface area contributed by atoms with Crippen LogP contribution in [0.4, 0.5) is 0 Å². The Balaban J connectivity index is 3.94. The summed E-state index contributed by atoms with van der Waals surface area (Å²) in [5.74, 6) is -24.5. The fourth-order valence-corrected chi connectivity index (χ4v) is 9.01. The minimum atomic E-state index is -2.81. The van der Waals surface area contributed by atoms with Gasteiger partial charge in [0.05, 0.1) is 30.3 Å². The SMILES string of the molecule is CCC(C)CC/C=C\C=C\C(=O)N[C@H](C(=O)N[C@H](C(=O)N[C@@H](C(=O)N[C@@H](CCCCN)C(=O)N[C@H](C(=O)N[C@@H](CC(=O)O)C(=O)NCC(=O)O)C(O)C(=O)O)C(C)C)C(C)NC(=O)[C@@H]1C[C@@H](C)CN1C(=O)[C@@H](NC(=O)[C@H](N)C(C)C(=O)O)C(C)C)C(C)C(=O)O. The number of nitrogens with one attached hydrogen (secondary N) is 9. The number of unbranched alkanes of at least 4 members (excludes halogenated alkanes) is 1. The van der Waals surface area contributed by atoms with Gasteiger partial charge in [-0.1, -0.05) is 73.1 Å². The predicted octanol–water partition coefficient (Wildman–Crippen LogP) is -3.61. The van der Waals surface area contributed by atoms with Crippen LogP contribution >= 0.6 is 0 Å². The monoisotopic (exact) mass is 1280 g/mol. The first-order valence-electron chi connectivity index (χ1n) is 29.5. The summed E-state index contributed by atoms with van der Waals surface area (Å²) in [5.41, 5.74) is 11.6. The summed E-state index contributed by atoms with van der Waals surface area (Å²) >= 11 is 0. The smallest absolute Gasteiger partial charge is 0.335 e. The predicted molar refractivity (Wildman–Crippen MR) is 318 cm³/mol. The largest absolute Gasteiger partial charge is 0.481 e. The maximum atomic E-state index is 14.8. The number of rotatable bonds is 40. The van der Waals surface area contributed by atoms with Crippen LogP contribution in [-0.4, -0.2) is 211 Å². The Morgan fingerprint density at radius 3 is 1.63 bits per heavy atom. The van der Waals surface area contributed by atoms with Crippen LogP contribution in [0.1, 0.15) is 121 Å². The highest BCUT2D eigenvalue weighted by Crippen LogP contribution is 2.26. The Morgan fingerprint density at radius 2 is 1.10 bits per heavy atom. The number of amides is 10. The van der Waals surface area contributed by atoms with E-state index in [-0.39, 0.29) is 44.7 Å². The molecule has 5 unspecified atom stereocenters. The molecule has 1 rings (SSSR count). The average Bonchev–Trinajstić information content (AvgIpc) is 1.68. The number of carboxylic acid groups (broad SMARTS) is 5. The van der Waals surface area contributed by atoms with E-state index in [1.807, 2.05) is 22.9 Å². The fourth-order valence-electron chi connectivity index (χ4n) is 9.01. The van der Waals surface area contributed by atoms with Crippen LogP contribution in [0.5, 0.6) is 0 Å². The number of carbonyl (C=O) groups excluding carboxylic acids is 10. The lowest BCUT2D eigenvalue weighted by molar-refractivity contribution is -0.153. The van der Waals surface area contributed by atoms with Crippen LogP contribution in [0.15, 0.2) is 24.3 Å². The van der Waals surface area contributed by atoms with Crippen molar-refractivity contribution in [1.29, 1.82) is 0 Å². The van der Waals surface area contributed by atoms with E-state index in [4.69, 9.17) is 16.6 Å². The van der Waals surface area contributed by atoms with Crippen LogP contribution in [0.3, 0.4) is 0 Å². The van der Waals surface area contributed by atoms with Gasteiger partial charge in [0.2, 0.25) is 59.1 Å². The molecule has 1 heterocycles. The second kappa shape index (κ2) is 38.7. The number of nitrogens with zero attached hydrogens (tertiary/aromatic N) is 1. The maximum absolute atomic E-state index is 14.8. The third-order valence-electron chi connectivity index (χ3n) is 14.9. The number of hydrogen-bond acceptors (Lipinski definition) is 18. The molecule has 1 fully saturated rings. The molecule has 506 valence electrons. The molecule has 33 nitrogen and oxygen atoms in total. The number of aliphatic hydroxyl groups is 1. The van der Waals surface area contributed by atoms with Crippen LogP contribution in [0.2, 0.25) is 0 Å². The summed E-state index contributed by atoms with van der Waals surface area (Å²) in [6.07, 6.45) is 4.21. The van der Waals surface area contributed by atoms with Gasteiger partial charge in [-0.15, -0.1) is 0 Å². The minimum Gasteiger partial charge on any atom is -0.481 e. The normalized spacial score (nSPS) is 18.3. The highest BCUT2D eigenvalue weighted by atomic mass is 16.4. The van der Waals surface area contributed by atoms with Crippen molar-refractivity contribution in [3.05, 3.63) is 24.3 Å². The summed E-state index contributed by atoms with van der Waals surface area (Å²) in [6.45, 7) is 14.3. The van der Waals surface area contributed by atoms with E-state index < -0.39 is 192 Å². The van der Waals surface area contributed by atoms with Crippen LogP contribution in [0.25, 0.3) is 0 Å². The van der Waals surface area contributed by atoms with Crippen molar-refractivity contribution in [2.24, 2.45) is 47.0 Å². The van der Waals surface area contributed by atoms with Crippen molar-refractivity contribution in [3.8, 4) is 0 Å². The van der Waals surface area contributed by atoms with Crippen molar-refractivity contribution < 1.29 is 103 Å². The first kappa shape index (κ1) is 79.4. The van der Waals surface area contributed by atoms with E-state index in [2.05, 4.69) is 38.8 Å². The third-order valence-corrected chi connectivity index (χ3v) is 14.9. The van der Waals surface area contributed by atoms with Crippen molar-refractivity contribution in [1.82, 2.24) is 52.8 Å². The second-order valence-electron chi connectivity index (χ2n) is 23.1. The number of hydrogen-bond donors (Lipinski definition) is 17. The molecule has 1 saturated heterocycles. The van der Waals surface area contributed by atoms with E-state index >= 15 is 0 Å². The van der Waals surface area contributed by atoms with Gasteiger partial charge in [0, 0.05) is 12.6 Å². The molecule has 0 aliphatic carbocycles. The van der Waals surface area contributed by atoms with Crippen molar-refractivity contribution in [3.63, 3.8) is 0 Å². The Kier molecular flexibility index (Phi) is 34.2. The number of nitrogens with two attached hydrogens (primary N) is 2. The molecule has 19 N–H and O–H groups in total. The van der Waals surface area contributed by atoms with Crippen LogP contribution in [-0.2, 0) is 71.9 Å². The number of carbonyl (C=O) groups is 15. The molecule has 90 heavy (non-hydrogen) atoms. The molecular weight excluding hydrogens is 1190 g/mol. The van der Waals surface area contributed by atoms with E-state index in [0.717, 1.165) is 25.8 Å². The molecule has 1 aliphatic heterocycles. The summed E-state index contributed by atoms with van der Waals surface area (Å²) < 4.78 is 0. The van der Waals surface area contributed by atoms with Gasteiger partial charge < -0.3 is 94.9 Å². The first-order valence-corrected chi connectivity index (χ1v) is 29.5. The molecule has 0 radical (unpaired) electrons. The Morgan fingerprint density at radius 1 is 0.567 bits per heavy atom. The van der Waals surface area contributed by atoms with Crippen molar-refractivity contribution in [2.75, 3.05) is 19.6 Å². The van der Waals surface area contributed by atoms with Gasteiger partial charge in [0.1, 0.15) is 54.9 Å². The first-order chi connectivity index (χ1) is 41.9. The van der Waals surface area contributed by atoms with Gasteiger partial charge in [-0.2, -0.15) is 0 Å². The summed E-state index contributed by atoms with van der Waals surface area (Å²) in [6, 6.07) is -17.8. The topological polar surface area (TPSA) is 541 Å². The molecule has 0 aromatic carbocycles. The molecule has 15 atom stereocenters. The molecule has 0 bridgehead atoms. The summed E-state index contributed by atoms with van der Waals surface area (Å²) in [5, 5.41) is 78.6. The molecule has 0 saturated carbocycles. The van der Waals surface area contributed by atoms with Crippen molar-refractivity contribution >= 4 is 88.9 Å². The number of likely N-dealkylation sites (tertiary alicyclic amines) is 1. The zero-order valence-electron chi connectivity index (χ0n) is 52.3. The number of aliphatic hydroxyl groups excluding tert-OH is 1. The van der Waals surface area contributed by atoms with Gasteiger partial charge in [-0.25, -0.2) is 4.79 Å². The Hall–Kier alpha value is -8.59. The molecule has 1 aliphatic rings. The van der Waals surface area contributed by atoms with E-state index in [1.165, 1.54) is 38.7 Å². The number of allylic oxidation sites excluding steroid dienone is 3. The van der Waals surface area contributed by atoms with Crippen molar-refractivity contribution in [2.45, 2.75) is 187 Å². The highest BCUT2D eigenvalue weighted by Gasteiger charge is 2.45. The fraction of sp³-hybridized carbons (Fsp3) is 0.667. The lowest BCUT2D eigenvalue weighted by Gasteiger charge is -2.33. The standard InChI is InChI=1S/C57H92N12O21/c1-11-28(6)18-14-12-13-15-20-36(70)64-42(31(9)56(87)88)51(81)67-43(32(10)61-48(78)35-22-29(7)25-69(35)54(84)41(27(4)5)66-49(79)39(59)30(8)55(85)86)52(82)65-40(26(2)3)50(80)62-33(19-16-17-21-58)47(77)68-44(45(75)57(89)90)53(83)63-34(23-37(71)72)46(76)60-24-38(73)74/h12-13,15,20,26-35,39-45,75H,11,14,16-19,21-25,58-59H2,1-10H3,(H,60,76)(H,61,78)(H,62,80)(H,63,83)(H,64,70)(H,65,82)(H,66,79)(H,67,81)(H,68,77)(H,71,72)(H,73,74)(H,85,86)(H,87,88)(H,89,90)/b13-12-,20-15+/t28?,29-,30?,31?,32?,33+,34+,35+,39-,40-,41+,42+,43+,44+,45?/m1/s1. The third kappa shape index (κ3) is 26.2. The second-order valence-corrected chi connectivity index (χ2v) is 23.1. The zero-order valence-corrected chi connectivity index (χ0v) is 52.3. The van der Waals surface area contributed by atoms with Gasteiger partial charge in [0.15, 0.2) is 6.10 Å². The zero-order chi connectivity index (χ0) is 69.0. The van der Waals surface area contributed by atoms with Crippen LogP contribution < -0.4 is 59.3 Å². The molecule has 0 aromatic rings. The summed E-state index contributed by atoms with van der Waals surface area (Å²) in [4.78, 5) is 199. The number of aliphatic carboxylic acids is 5. The van der Waals surface area contributed by atoms with Gasteiger partial charge in [-0.3, -0.25) is 67.1 Å².